The molecule has 0 bridgehead atoms. The Bertz CT molecular complexity index is 780. The number of rotatable bonds is 5. The fraction of sp³-hybridized carbons (Fsp3) is 0.250. The lowest BCUT2D eigenvalue weighted by Crippen LogP contribution is -2.40. The van der Waals surface area contributed by atoms with E-state index in [1.165, 1.54) is 16.2 Å². The summed E-state index contributed by atoms with van der Waals surface area (Å²) < 4.78 is 6.47. The Kier molecular flexibility index (Phi) is 4.85. The molecule has 1 aromatic heterocycles. The number of nitrogens with one attached hydrogen (secondary N) is 1. The molecule has 1 N–H and O–H groups in total. The van der Waals surface area contributed by atoms with E-state index in [2.05, 4.69) is 21.2 Å². The van der Waals surface area contributed by atoms with Crippen molar-refractivity contribution in [2.24, 2.45) is 0 Å². The largest absolute Gasteiger partial charge is 0.492 e. The maximum absolute atomic E-state index is 12.7. The predicted molar refractivity (Wildman–Crippen MR) is 96.6 cm³/mol. The second-order valence-corrected chi connectivity index (χ2v) is 8.32. The quantitative estimate of drug-likeness (QED) is 0.731. The van der Waals surface area contributed by atoms with Gasteiger partial charge < -0.3 is 10.1 Å². The van der Waals surface area contributed by atoms with Crippen molar-refractivity contribution >= 4 is 50.8 Å². The zero-order valence-electron chi connectivity index (χ0n) is 12.7. The third kappa shape index (κ3) is 3.29. The molecule has 3 rings (SSSR count). The summed E-state index contributed by atoms with van der Waals surface area (Å²) in [4.78, 5) is 26.8. The van der Waals surface area contributed by atoms with Gasteiger partial charge in [0.15, 0.2) is 5.54 Å². The standard InChI is InChI=1S/C16H14BrClN2O3S/c1-16(12-6-7-13(17)24-12)14(21)20(15(22)19-16)8-9-23-11-4-2-10(18)3-5-11/h2-7H,8-9H2,1H3,(H,19,22). The molecule has 3 amide bonds. The summed E-state index contributed by atoms with van der Waals surface area (Å²) in [5, 5.41) is 3.39. The van der Waals surface area contributed by atoms with Gasteiger partial charge in [0.2, 0.25) is 0 Å². The van der Waals surface area contributed by atoms with Crippen LogP contribution in [0, 0.1) is 0 Å². The fourth-order valence-corrected chi connectivity index (χ4v) is 4.04. The second-order valence-electron chi connectivity index (χ2n) is 5.42. The maximum Gasteiger partial charge on any atom is 0.325 e. The van der Waals surface area contributed by atoms with Crippen LogP contribution in [0.3, 0.4) is 0 Å². The summed E-state index contributed by atoms with van der Waals surface area (Å²) >= 11 is 10.6. The molecule has 1 aromatic carbocycles. The number of amides is 3. The van der Waals surface area contributed by atoms with Crippen LogP contribution in [-0.2, 0) is 10.3 Å². The second kappa shape index (κ2) is 6.74. The van der Waals surface area contributed by atoms with E-state index in [1.54, 1.807) is 31.2 Å². The van der Waals surface area contributed by atoms with Gasteiger partial charge in [-0.15, -0.1) is 11.3 Å². The number of hydrogen-bond acceptors (Lipinski definition) is 4. The molecule has 0 radical (unpaired) electrons. The molecule has 2 heterocycles. The first-order chi connectivity index (χ1) is 11.4. The molecule has 1 aliphatic rings. The van der Waals surface area contributed by atoms with Crippen LogP contribution >= 0.6 is 38.9 Å². The summed E-state index contributed by atoms with van der Waals surface area (Å²) in [5.74, 6) is 0.359. The van der Waals surface area contributed by atoms with E-state index < -0.39 is 11.6 Å². The first kappa shape index (κ1) is 17.3. The van der Waals surface area contributed by atoms with Crippen LogP contribution in [0.1, 0.15) is 11.8 Å². The Morgan fingerprint density at radius 3 is 2.58 bits per heavy atom. The van der Waals surface area contributed by atoms with Crippen molar-refractivity contribution in [3.05, 3.63) is 50.1 Å². The van der Waals surface area contributed by atoms with Crippen LogP contribution in [0.25, 0.3) is 0 Å². The molecule has 0 saturated carbocycles. The van der Waals surface area contributed by atoms with Gasteiger partial charge in [0.25, 0.3) is 5.91 Å². The van der Waals surface area contributed by atoms with Crippen LogP contribution < -0.4 is 10.1 Å². The molecule has 1 unspecified atom stereocenters. The van der Waals surface area contributed by atoms with Crippen LogP contribution in [-0.4, -0.2) is 30.0 Å². The Balaban J connectivity index is 1.65. The summed E-state index contributed by atoms with van der Waals surface area (Å²) in [7, 11) is 0. The monoisotopic (exact) mass is 428 g/mol. The normalized spacial score (nSPS) is 20.4. The minimum atomic E-state index is -1.03. The topological polar surface area (TPSA) is 58.6 Å². The van der Waals surface area contributed by atoms with Gasteiger partial charge in [-0.3, -0.25) is 9.69 Å². The van der Waals surface area contributed by atoms with Gasteiger partial charge >= 0.3 is 6.03 Å². The average Bonchev–Trinajstić information content (AvgIpc) is 3.07. The van der Waals surface area contributed by atoms with E-state index in [9.17, 15) is 9.59 Å². The van der Waals surface area contributed by atoms with Crippen molar-refractivity contribution in [3.63, 3.8) is 0 Å². The van der Waals surface area contributed by atoms with E-state index in [4.69, 9.17) is 16.3 Å². The van der Waals surface area contributed by atoms with E-state index >= 15 is 0 Å². The molecule has 1 aliphatic heterocycles. The lowest BCUT2D eigenvalue weighted by Gasteiger charge is -2.20. The smallest absolute Gasteiger partial charge is 0.325 e. The molecule has 1 atom stereocenters. The Morgan fingerprint density at radius 1 is 1.25 bits per heavy atom. The van der Waals surface area contributed by atoms with Crippen molar-refractivity contribution in [2.75, 3.05) is 13.2 Å². The predicted octanol–water partition coefficient (Wildman–Crippen LogP) is 4.01. The molecule has 5 nitrogen and oxygen atoms in total. The fourth-order valence-electron chi connectivity index (χ4n) is 2.44. The lowest BCUT2D eigenvalue weighted by molar-refractivity contribution is -0.131. The summed E-state index contributed by atoms with van der Waals surface area (Å²) in [6, 6.07) is 10.2. The molecule has 126 valence electrons. The minimum absolute atomic E-state index is 0.176. The summed E-state index contributed by atoms with van der Waals surface area (Å²) in [5.41, 5.74) is -1.03. The van der Waals surface area contributed by atoms with Gasteiger partial charge in [-0.1, -0.05) is 11.6 Å². The van der Waals surface area contributed by atoms with E-state index in [0.29, 0.717) is 10.8 Å². The number of halogens is 2. The van der Waals surface area contributed by atoms with Gasteiger partial charge in [-0.25, -0.2) is 4.79 Å². The highest BCUT2D eigenvalue weighted by molar-refractivity contribution is 9.11. The van der Waals surface area contributed by atoms with Crippen molar-refractivity contribution < 1.29 is 14.3 Å². The Labute approximate surface area is 156 Å². The molecule has 1 saturated heterocycles. The number of benzene rings is 1. The SMILES string of the molecule is CC1(c2ccc(Br)s2)NC(=O)N(CCOc2ccc(Cl)cc2)C1=O. The zero-order valence-corrected chi connectivity index (χ0v) is 15.9. The molecule has 1 fully saturated rings. The average molecular weight is 430 g/mol. The lowest BCUT2D eigenvalue weighted by atomic mass is 10.0. The zero-order chi connectivity index (χ0) is 17.3. The highest BCUT2D eigenvalue weighted by atomic mass is 79.9. The number of thiophene rings is 1. The third-order valence-electron chi connectivity index (χ3n) is 3.74. The maximum atomic E-state index is 12.7. The van der Waals surface area contributed by atoms with Gasteiger partial charge in [-0.2, -0.15) is 0 Å². The highest BCUT2D eigenvalue weighted by Crippen LogP contribution is 2.35. The molecular formula is C16H14BrClN2O3S. The molecule has 0 aliphatic carbocycles. The number of hydrogen-bond donors (Lipinski definition) is 1. The van der Waals surface area contributed by atoms with Crippen LogP contribution in [0.2, 0.25) is 5.02 Å². The number of ether oxygens (including phenoxy) is 1. The number of nitrogens with zero attached hydrogens (tertiary/aromatic N) is 1. The van der Waals surface area contributed by atoms with Crippen molar-refractivity contribution in [1.82, 2.24) is 10.2 Å². The van der Waals surface area contributed by atoms with Crippen LogP contribution in [0.4, 0.5) is 4.79 Å². The first-order valence-electron chi connectivity index (χ1n) is 7.18. The highest BCUT2D eigenvalue weighted by Gasteiger charge is 2.49. The van der Waals surface area contributed by atoms with Crippen molar-refractivity contribution in [1.29, 1.82) is 0 Å². The van der Waals surface area contributed by atoms with E-state index in [-0.39, 0.29) is 19.1 Å². The van der Waals surface area contributed by atoms with Gasteiger partial charge in [-0.05, 0) is 59.3 Å². The molecule has 8 heteroatoms. The number of urea groups is 1. The third-order valence-corrected chi connectivity index (χ3v) is 5.84. The van der Waals surface area contributed by atoms with Gasteiger partial charge in [0.05, 0.1) is 10.3 Å². The molecule has 24 heavy (non-hydrogen) atoms. The number of carbonyl (C=O) groups is 2. The summed E-state index contributed by atoms with van der Waals surface area (Å²) in [6.45, 7) is 2.10. The number of carbonyl (C=O) groups excluding carboxylic acids is 2. The van der Waals surface area contributed by atoms with E-state index in [1.807, 2.05) is 12.1 Å². The first-order valence-corrected chi connectivity index (χ1v) is 9.17. The van der Waals surface area contributed by atoms with Crippen molar-refractivity contribution in [3.8, 4) is 5.75 Å². The number of imide groups is 1. The van der Waals surface area contributed by atoms with Crippen molar-refractivity contribution in [2.45, 2.75) is 12.5 Å². The molecular weight excluding hydrogens is 416 g/mol. The van der Waals surface area contributed by atoms with Gasteiger partial charge in [0, 0.05) is 9.90 Å². The van der Waals surface area contributed by atoms with Gasteiger partial charge in [0.1, 0.15) is 12.4 Å². The minimum Gasteiger partial charge on any atom is -0.492 e. The molecule has 0 spiro atoms. The Morgan fingerprint density at radius 2 is 1.96 bits per heavy atom. The van der Waals surface area contributed by atoms with E-state index in [0.717, 1.165) is 8.66 Å². The van der Waals surface area contributed by atoms with Crippen LogP contribution in [0.5, 0.6) is 5.75 Å². The molecule has 2 aromatic rings. The Hall–Kier alpha value is -1.57. The van der Waals surface area contributed by atoms with Crippen LogP contribution in [0.15, 0.2) is 40.2 Å². The summed E-state index contributed by atoms with van der Waals surface area (Å²) in [6.07, 6.45) is 0.